The molecule has 1 saturated carbocycles. The zero-order valence-electron chi connectivity index (χ0n) is 13.2. The SMILES string of the molecule is CC(C)NC1(C(N)=O)CCCC1CCN(C)C(C)C. The molecule has 0 bridgehead atoms. The molecule has 0 spiro atoms. The molecule has 4 nitrogen and oxygen atoms in total. The first-order valence-electron chi connectivity index (χ1n) is 7.57. The van der Waals surface area contributed by atoms with Crippen molar-refractivity contribution in [1.82, 2.24) is 10.2 Å². The lowest BCUT2D eigenvalue weighted by Crippen LogP contribution is -2.60. The number of rotatable bonds is 7. The van der Waals surface area contributed by atoms with Gasteiger partial charge in [0.25, 0.3) is 0 Å². The third-order valence-corrected chi connectivity index (χ3v) is 4.52. The zero-order valence-corrected chi connectivity index (χ0v) is 13.2. The van der Waals surface area contributed by atoms with Crippen LogP contribution in [0.1, 0.15) is 53.4 Å². The second-order valence-corrected chi connectivity index (χ2v) is 6.59. The summed E-state index contributed by atoms with van der Waals surface area (Å²) in [6.45, 7) is 9.59. The van der Waals surface area contributed by atoms with E-state index >= 15 is 0 Å². The minimum atomic E-state index is -0.480. The fourth-order valence-corrected chi connectivity index (χ4v) is 3.19. The van der Waals surface area contributed by atoms with Gasteiger partial charge < -0.3 is 16.0 Å². The lowest BCUT2D eigenvalue weighted by molar-refractivity contribution is -0.126. The summed E-state index contributed by atoms with van der Waals surface area (Å²) in [7, 11) is 2.14. The number of nitrogens with two attached hydrogens (primary N) is 1. The number of nitrogens with one attached hydrogen (secondary N) is 1. The molecule has 1 aliphatic carbocycles. The molecule has 1 aliphatic rings. The van der Waals surface area contributed by atoms with Crippen LogP contribution in [-0.2, 0) is 4.79 Å². The fraction of sp³-hybridized carbons (Fsp3) is 0.933. The highest BCUT2D eigenvalue weighted by atomic mass is 16.1. The van der Waals surface area contributed by atoms with E-state index in [0.717, 1.165) is 32.2 Å². The minimum Gasteiger partial charge on any atom is -0.368 e. The summed E-state index contributed by atoms with van der Waals surface area (Å²) in [6, 6.07) is 0.832. The molecule has 2 atom stereocenters. The van der Waals surface area contributed by atoms with Crippen molar-refractivity contribution >= 4 is 5.91 Å². The molecule has 1 fully saturated rings. The average molecular weight is 269 g/mol. The van der Waals surface area contributed by atoms with Crippen LogP contribution < -0.4 is 11.1 Å². The highest BCUT2D eigenvalue weighted by Gasteiger charge is 2.47. The quantitative estimate of drug-likeness (QED) is 0.740. The molecule has 4 heteroatoms. The Bertz CT molecular complexity index is 304. The Kier molecular flexibility index (Phi) is 5.81. The van der Waals surface area contributed by atoms with Crippen LogP contribution in [0.25, 0.3) is 0 Å². The molecule has 0 aromatic heterocycles. The van der Waals surface area contributed by atoms with Gasteiger partial charge in [0.05, 0.1) is 0 Å². The Labute approximate surface area is 118 Å². The maximum Gasteiger partial charge on any atom is 0.238 e. The molecule has 112 valence electrons. The van der Waals surface area contributed by atoms with Crippen molar-refractivity contribution in [3.05, 3.63) is 0 Å². The smallest absolute Gasteiger partial charge is 0.238 e. The molecule has 0 aliphatic heterocycles. The summed E-state index contributed by atoms with van der Waals surface area (Å²) in [5.74, 6) is 0.199. The zero-order chi connectivity index (χ0) is 14.6. The number of hydrogen-bond acceptors (Lipinski definition) is 3. The molecule has 0 radical (unpaired) electrons. The Morgan fingerprint density at radius 3 is 2.53 bits per heavy atom. The van der Waals surface area contributed by atoms with Crippen molar-refractivity contribution in [3.63, 3.8) is 0 Å². The maximum absolute atomic E-state index is 12.0. The van der Waals surface area contributed by atoms with E-state index in [0.29, 0.717) is 12.0 Å². The summed E-state index contributed by atoms with van der Waals surface area (Å²) in [6.07, 6.45) is 4.13. The molecule has 0 aromatic carbocycles. The molecule has 0 heterocycles. The van der Waals surface area contributed by atoms with Crippen LogP contribution in [-0.4, -0.2) is 42.0 Å². The van der Waals surface area contributed by atoms with Gasteiger partial charge in [-0.2, -0.15) is 0 Å². The first-order valence-corrected chi connectivity index (χ1v) is 7.57. The summed E-state index contributed by atoms with van der Waals surface area (Å²) >= 11 is 0. The van der Waals surface area contributed by atoms with Crippen molar-refractivity contribution in [1.29, 1.82) is 0 Å². The topological polar surface area (TPSA) is 58.4 Å². The molecular formula is C15H31N3O. The van der Waals surface area contributed by atoms with Gasteiger partial charge in [0.2, 0.25) is 5.91 Å². The van der Waals surface area contributed by atoms with Gasteiger partial charge in [-0.25, -0.2) is 0 Å². The summed E-state index contributed by atoms with van der Waals surface area (Å²) in [4.78, 5) is 14.3. The second kappa shape index (κ2) is 6.71. The normalized spacial score (nSPS) is 27.7. The highest BCUT2D eigenvalue weighted by molar-refractivity contribution is 5.85. The van der Waals surface area contributed by atoms with Crippen molar-refractivity contribution in [2.45, 2.75) is 71.0 Å². The van der Waals surface area contributed by atoms with Gasteiger partial charge in [-0.05, 0) is 66.5 Å². The highest BCUT2D eigenvalue weighted by Crippen LogP contribution is 2.38. The van der Waals surface area contributed by atoms with Crippen LogP contribution in [0, 0.1) is 5.92 Å². The van der Waals surface area contributed by atoms with E-state index in [1.54, 1.807) is 0 Å². The molecule has 3 N–H and O–H groups in total. The van der Waals surface area contributed by atoms with Crippen molar-refractivity contribution in [2.24, 2.45) is 11.7 Å². The van der Waals surface area contributed by atoms with Crippen molar-refractivity contribution < 1.29 is 4.79 Å². The molecule has 1 amide bonds. The Morgan fingerprint density at radius 2 is 2.05 bits per heavy atom. The molecular weight excluding hydrogens is 238 g/mol. The van der Waals surface area contributed by atoms with Gasteiger partial charge in [-0.15, -0.1) is 0 Å². The summed E-state index contributed by atoms with van der Waals surface area (Å²) in [5, 5.41) is 3.46. The Hall–Kier alpha value is -0.610. The monoisotopic (exact) mass is 269 g/mol. The van der Waals surface area contributed by atoms with E-state index in [1.807, 2.05) is 0 Å². The lowest BCUT2D eigenvalue weighted by atomic mass is 9.83. The van der Waals surface area contributed by atoms with E-state index in [4.69, 9.17) is 5.73 Å². The van der Waals surface area contributed by atoms with Crippen molar-refractivity contribution in [2.75, 3.05) is 13.6 Å². The van der Waals surface area contributed by atoms with Crippen LogP contribution in [0.5, 0.6) is 0 Å². The van der Waals surface area contributed by atoms with Gasteiger partial charge in [0, 0.05) is 12.1 Å². The molecule has 2 unspecified atom stereocenters. The first-order chi connectivity index (χ1) is 8.79. The predicted molar refractivity (Wildman–Crippen MR) is 79.9 cm³/mol. The van der Waals surface area contributed by atoms with E-state index in [2.05, 4.69) is 45.0 Å². The molecule has 0 saturated heterocycles. The van der Waals surface area contributed by atoms with Gasteiger partial charge >= 0.3 is 0 Å². The lowest BCUT2D eigenvalue weighted by Gasteiger charge is -2.36. The molecule has 19 heavy (non-hydrogen) atoms. The fourth-order valence-electron chi connectivity index (χ4n) is 3.19. The van der Waals surface area contributed by atoms with Crippen LogP contribution in [0.2, 0.25) is 0 Å². The van der Waals surface area contributed by atoms with E-state index in [-0.39, 0.29) is 11.9 Å². The third-order valence-electron chi connectivity index (χ3n) is 4.52. The number of hydrogen-bond donors (Lipinski definition) is 2. The van der Waals surface area contributed by atoms with Crippen LogP contribution in [0.4, 0.5) is 0 Å². The van der Waals surface area contributed by atoms with Crippen LogP contribution in [0.15, 0.2) is 0 Å². The van der Waals surface area contributed by atoms with Gasteiger partial charge in [-0.1, -0.05) is 6.42 Å². The summed E-state index contributed by atoms with van der Waals surface area (Å²) < 4.78 is 0. The van der Waals surface area contributed by atoms with Gasteiger partial charge in [0.15, 0.2) is 0 Å². The van der Waals surface area contributed by atoms with Crippen LogP contribution >= 0.6 is 0 Å². The predicted octanol–water partition coefficient (Wildman–Crippen LogP) is 1.74. The average Bonchev–Trinajstić information content (AvgIpc) is 2.69. The molecule has 1 rings (SSSR count). The number of amides is 1. The standard InChI is InChI=1S/C15H31N3O/c1-11(2)17-15(14(16)19)9-6-7-13(15)8-10-18(5)12(3)4/h11-13,17H,6-10H2,1-5H3,(H2,16,19). The van der Waals surface area contributed by atoms with Gasteiger partial charge in [-0.3, -0.25) is 4.79 Å². The summed E-state index contributed by atoms with van der Waals surface area (Å²) in [5.41, 5.74) is 5.24. The number of carbonyl (C=O) groups is 1. The minimum absolute atomic E-state index is 0.170. The van der Waals surface area contributed by atoms with E-state index in [1.165, 1.54) is 0 Å². The first kappa shape index (κ1) is 16.4. The van der Waals surface area contributed by atoms with Crippen molar-refractivity contribution in [3.8, 4) is 0 Å². The largest absolute Gasteiger partial charge is 0.368 e. The van der Waals surface area contributed by atoms with E-state index < -0.39 is 5.54 Å². The Balaban J connectivity index is 2.71. The van der Waals surface area contributed by atoms with Crippen LogP contribution in [0.3, 0.4) is 0 Å². The number of nitrogens with zero attached hydrogens (tertiary/aromatic N) is 1. The van der Waals surface area contributed by atoms with Gasteiger partial charge in [0.1, 0.15) is 5.54 Å². The number of primary amides is 1. The third kappa shape index (κ3) is 3.93. The van der Waals surface area contributed by atoms with E-state index in [9.17, 15) is 4.79 Å². The molecule has 0 aromatic rings. The maximum atomic E-state index is 12.0. The second-order valence-electron chi connectivity index (χ2n) is 6.59. The number of carbonyl (C=O) groups excluding carboxylic acids is 1. The Morgan fingerprint density at radius 1 is 1.42 bits per heavy atom.